The van der Waals surface area contributed by atoms with Gasteiger partial charge < -0.3 is 4.74 Å². The Balaban J connectivity index is 1.66. The molecule has 0 aliphatic carbocycles. The number of rotatable bonds is 5. The van der Waals surface area contributed by atoms with Gasteiger partial charge in [-0.2, -0.15) is 9.78 Å². The molecule has 3 aromatic rings. The summed E-state index contributed by atoms with van der Waals surface area (Å²) in [6, 6.07) is 9.00. The molecule has 146 valence electrons. The zero-order valence-corrected chi connectivity index (χ0v) is 15.2. The van der Waals surface area contributed by atoms with E-state index in [-0.39, 0.29) is 18.0 Å². The molecule has 0 atom stereocenters. The molecule has 7 nitrogen and oxygen atoms in total. The van der Waals surface area contributed by atoms with E-state index in [4.69, 9.17) is 4.74 Å². The van der Waals surface area contributed by atoms with Crippen molar-refractivity contribution in [3.8, 4) is 11.4 Å². The average Bonchev–Trinajstić information content (AvgIpc) is 3.35. The smallest absolute Gasteiger partial charge is 0.350 e. The Hall–Kier alpha value is -3.04. The fourth-order valence-electron chi connectivity index (χ4n) is 3.33. The summed E-state index contributed by atoms with van der Waals surface area (Å²) in [4.78, 5) is 12.7. The highest BCUT2D eigenvalue weighted by Crippen LogP contribution is 2.29. The zero-order valence-electron chi connectivity index (χ0n) is 15.2. The quantitative estimate of drug-likeness (QED) is 0.695. The lowest BCUT2D eigenvalue weighted by atomic mass is 9.99. The predicted octanol–water partition coefficient (Wildman–Crippen LogP) is 1.56. The molecule has 2 N–H and O–H groups in total. The number of nitrogens with zero attached hydrogens (tertiary/aromatic N) is 3. The molecule has 1 fully saturated rings. The van der Waals surface area contributed by atoms with Gasteiger partial charge in [0.2, 0.25) is 0 Å². The number of benzene rings is 2. The fourth-order valence-corrected chi connectivity index (χ4v) is 3.33. The van der Waals surface area contributed by atoms with Crippen molar-refractivity contribution in [3.63, 3.8) is 0 Å². The predicted molar refractivity (Wildman–Crippen MR) is 98.6 cm³/mol. The third-order valence-electron chi connectivity index (χ3n) is 4.85. The van der Waals surface area contributed by atoms with Crippen LogP contribution in [0.1, 0.15) is 17.0 Å². The van der Waals surface area contributed by atoms with Crippen LogP contribution >= 0.6 is 0 Å². The first-order valence-electron chi connectivity index (χ1n) is 8.80. The maximum Gasteiger partial charge on any atom is 0.350 e. The van der Waals surface area contributed by atoms with E-state index < -0.39 is 17.3 Å². The molecule has 0 spiro atoms. The molecule has 28 heavy (non-hydrogen) atoms. The van der Waals surface area contributed by atoms with Crippen LogP contribution < -0.4 is 21.3 Å². The maximum absolute atomic E-state index is 13.9. The molecule has 1 aromatic heterocycles. The molecule has 4 rings (SSSR count). The molecule has 0 saturated carbocycles. The summed E-state index contributed by atoms with van der Waals surface area (Å²) >= 11 is 0. The minimum absolute atomic E-state index is 0.182. The molecular weight excluding hydrogens is 368 g/mol. The highest BCUT2D eigenvalue weighted by Gasteiger charge is 2.21. The summed E-state index contributed by atoms with van der Waals surface area (Å²) < 4.78 is 35.6. The van der Waals surface area contributed by atoms with Gasteiger partial charge >= 0.3 is 5.69 Å². The molecule has 1 aliphatic heterocycles. The Labute approximate surface area is 159 Å². The maximum atomic E-state index is 13.9. The van der Waals surface area contributed by atoms with E-state index in [9.17, 15) is 13.6 Å². The molecule has 2 aromatic carbocycles. The summed E-state index contributed by atoms with van der Waals surface area (Å²) in [6.45, 7) is 1.31. The first-order chi connectivity index (χ1) is 13.6. The van der Waals surface area contributed by atoms with Gasteiger partial charge in [-0.1, -0.05) is 12.1 Å². The molecular formula is C19H19F2N5O2. The topological polar surface area (TPSA) is 73.1 Å². The third kappa shape index (κ3) is 3.30. The van der Waals surface area contributed by atoms with Crippen LogP contribution in [0.25, 0.3) is 5.69 Å². The Kier molecular flexibility index (Phi) is 4.93. The monoisotopic (exact) mass is 387 g/mol. The van der Waals surface area contributed by atoms with Crippen molar-refractivity contribution in [2.75, 3.05) is 20.2 Å². The van der Waals surface area contributed by atoms with Crippen LogP contribution in [0.5, 0.6) is 5.75 Å². The van der Waals surface area contributed by atoms with E-state index >= 15 is 0 Å². The third-order valence-corrected chi connectivity index (χ3v) is 4.85. The average molecular weight is 387 g/mol. The van der Waals surface area contributed by atoms with Crippen LogP contribution in [0.2, 0.25) is 0 Å². The lowest BCUT2D eigenvalue weighted by Crippen LogP contribution is -2.24. The van der Waals surface area contributed by atoms with Crippen LogP contribution in [0.3, 0.4) is 0 Å². The molecule has 0 unspecified atom stereocenters. The van der Waals surface area contributed by atoms with Crippen LogP contribution in [0, 0.1) is 11.6 Å². The number of nitrogens with one attached hydrogen (secondary N) is 2. The largest absolute Gasteiger partial charge is 0.496 e. The highest BCUT2D eigenvalue weighted by molar-refractivity contribution is 5.46. The minimum Gasteiger partial charge on any atom is -0.496 e. The molecule has 0 bridgehead atoms. The van der Waals surface area contributed by atoms with Crippen molar-refractivity contribution in [1.82, 2.24) is 25.2 Å². The van der Waals surface area contributed by atoms with E-state index in [0.29, 0.717) is 11.4 Å². The first kappa shape index (κ1) is 18.3. The second-order valence-corrected chi connectivity index (χ2v) is 6.54. The number of hydrogen-bond acceptors (Lipinski definition) is 5. The van der Waals surface area contributed by atoms with E-state index in [2.05, 4.69) is 16.0 Å². The van der Waals surface area contributed by atoms with Crippen molar-refractivity contribution in [1.29, 1.82) is 0 Å². The summed E-state index contributed by atoms with van der Waals surface area (Å²) in [7, 11) is 1.57. The van der Waals surface area contributed by atoms with Gasteiger partial charge in [-0.25, -0.2) is 13.6 Å². The normalized spacial score (nSPS) is 14.5. The molecule has 9 heteroatoms. The standard InChI is InChI=1S/C19H19F2N5O2/c1-28-18-7-13(5-6-14(18)12-8-22-23-9-12)26-19(27)25(11-24-26)10-15-16(20)3-2-4-17(15)21/h2-7,11-12,22-23H,8-10H2,1H3. The lowest BCUT2D eigenvalue weighted by molar-refractivity contribution is 0.406. The van der Waals surface area contributed by atoms with Gasteiger partial charge in [-0.3, -0.25) is 15.4 Å². The second kappa shape index (κ2) is 7.53. The van der Waals surface area contributed by atoms with Crippen molar-refractivity contribution in [2.24, 2.45) is 0 Å². The number of hydrazine groups is 1. The van der Waals surface area contributed by atoms with E-state index in [0.717, 1.165) is 35.4 Å². The van der Waals surface area contributed by atoms with Crippen LogP contribution in [0.15, 0.2) is 47.5 Å². The first-order valence-corrected chi connectivity index (χ1v) is 8.80. The highest BCUT2D eigenvalue weighted by atomic mass is 19.1. The van der Waals surface area contributed by atoms with E-state index in [1.807, 2.05) is 6.07 Å². The number of hydrogen-bond donors (Lipinski definition) is 2. The Morgan fingerprint density at radius 3 is 2.57 bits per heavy atom. The van der Waals surface area contributed by atoms with Gasteiger partial charge in [0.1, 0.15) is 23.7 Å². The number of methoxy groups -OCH3 is 1. The summed E-state index contributed by atoms with van der Waals surface area (Å²) in [6.07, 6.45) is 1.26. The Morgan fingerprint density at radius 2 is 1.89 bits per heavy atom. The molecule has 2 heterocycles. The van der Waals surface area contributed by atoms with Crippen molar-refractivity contribution < 1.29 is 13.5 Å². The molecule has 0 amide bonds. The van der Waals surface area contributed by atoms with Crippen LogP contribution in [0.4, 0.5) is 8.78 Å². The Morgan fingerprint density at radius 1 is 1.18 bits per heavy atom. The van der Waals surface area contributed by atoms with Gasteiger partial charge in [-0.05, 0) is 23.8 Å². The SMILES string of the molecule is COc1cc(-n2ncn(Cc3c(F)cccc3F)c2=O)ccc1C1CNNC1. The number of halogens is 2. The van der Waals surface area contributed by atoms with Crippen LogP contribution in [-0.2, 0) is 6.54 Å². The second-order valence-electron chi connectivity index (χ2n) is 6.54. The van der Waals surface area contributed by atoms with Crippen molar-refractivity contribution >= 4 is 0 Å². The molecule has 0 radical (unpaired) electrons. The van der Waals surface area contributed by atoms with E-state index in [1.54, 1.807) is 19.2 Å². The van der Waals surface area contributed by atoms with Crippen molar-refractivity contribution in [3.05, 3.63) is 76.0 Å². The molecule has 1 aliphatic rings. The van der Waals surface area contributed by atoms with Gasteiger partial charge in [-0.15, -0.1) is 0 Å². The number of aromatic nitrogens is 3. The summed E-state index contributed by atoms with van der Waals surface area (Å²) in [5.41, 5.74) is 7.00. The van der Waals surface area contributed by atoms with Gasteiger partial charge in [0.15, 0.2) is 0 Å². The van der Waals surface area contributed by atoms with Gasteiger partial charge in [0.25, 0.3) is 0 Å². The van der Waals surface area contributed by atoms with Crippen molar-refractivity contribution in [2.45, 2.75) is 12.5 Å². The number of ether oxygens (including phenoxy) is 1. The minimum atomic E-state index is -0.704. The summed E-state index contributed by atoms with van der Waals surface area (Å²) in [5, 5.41) is 4.09. The Bertz CT molecular complexity index is 1040. The lowest BCUT2D eigenvalue weighted by Gasteiger charge is -2.14. The van der Waals surface area contributed by atoms with Gasteiger partial charge in [0.05, 0.1) is 19.3 Å². The molecule has 1 saturated heterocycles. The zero-order chi connectivity index (χ0) is 19.7. The van der Waals surface area contributed by atoms with Gasteiger partial charge in [0, 0.05) is 30.6 Å². The van der Waals surface area contributed by atoms with E-state index in [1.165, 1.54) is 17.1 Å². The summed E-state index contributed by atoms with van der Waals surface area (Å²) in [5.74, 6) is -0.509. The van der Waals surface area contributed by atoms with Crippen LogP contribution in [-0.4, -0.2) is 34.5 Å². The fraction of sp³-hybridized carbons (Fsp3) is 0.263.